The average Bonchev–Trinajstić information content (AvgIpc) is 2.68. The van der Waals surface area contributed by atoms with E-state index in [0.29, 0.717) is 21.3 Å². The number of nitrogens with zero attached hydrogens (tertiary/aromatic N) is 1. The summed E-state index contributed by atoms with van der Waals surface area (Å²) >= 11 is 6.31. The lowest BCUT2D eigenvalue weighted by Crippen LogP contribution is -2.27. The molecule has 1 heterocycles. The Balaban J connectivity index is 2.36. The molecule has 0 aromatic heterocycles. The number of carbonyl (C=O) groups excluding carboxylic acids is 1. The highest BCUT2D eigenvalue weighted by Gasteiger charge is 2.31. The van der Waals surface area contributed by atoms with Crippen molar-refractivity contribution < 1.29 is 17.4 Å². The van der Waals surface area contributed by atoms with E-state index in [9.17, 15) is 13.2 Å². The van der Waals surface area contributed by atoms with E-state index in [1.165, 1.54) is 11.0 Å². The highest BCUT2D eigenvalue weighted by Crippen LogP contribution is 2.34. The van der Waals surface area contributed by atoms with Crippen molar-refractivity contribution in [3.8, 4) is 5.75 Å². The maximum atomic E-state index is 12.2. The van der Waals surface area contributed by atoms with Crippen molar-refractivity contribution >= 4 is 50.4 Å². The molecule has 1 aromatic carbocycles. The van der Waals surface area contributed by atoms with E-state index in [1.807, 2.05) is 0 Å². The molecule has 0 atom stereocenters. The van der Waals surface area contributed by atoms with Crippen LogP contribution >= 0.6 is 24.0 Å². The normalized spacial score (nSPS) is 17.1. The second-order valence-corrected chi connectivity index (χ2v) is 7.66. The fourth-order valence-electron chi connectivity index (χ4n) is 1.77. The smallest absolute Gasteiger partial charge is 0.306 e. The van der Waals surface area contributed by atoms with Gasteiger partial charge in [-0.25, -0.2) is 0 Å². The van der Waals surface area contributed by atoms with Gasteiger partial charge in [0.2, 0.25) is 0 Å². The van der Waals surface area contributed by atoms with E-state index >= 15 is 0 Å². The number of rotatable bonds is 5. The van der Waals surface area contributed by atoms with Crippen molar-refractivity contribution in [1.82, 2.24) is 4.90 Å². The van der Waals surface area contributed by atoms with Gasteiger partial charge in [-0.2, -0.15) is 8.42 Å². The fourth-order valence-corrected chi connectivity index (χ4v) is 3.51. The summed E-state index contributed by atoms with van der Waals surface area (Å²) in [7, 11) is -3.65. The van der Waals surface area contributed by atoms with Gasteiger partial charge in [-0.05, 0) is 12.1 Å². The zero-order valence-electron chi connectivity index (χ0n) is 11.7. The van der Waals surface area contributed by atoms with Gasteiger partial charge in [0.15, 0.2) is 0 Å². The summed E-state index contributed by atoms with van der Waals surface area (Å²) in [4.78, 5) is 14.1. The number of hydrogen-bond donors (Lipinski definition) is 0. The Morgan fingerprint density at radius 3 is 2.73 bits per heavy atom. The number of carbonyl (C=O) groups is 1. The largest absolute Gasteiger partial charge is 0.382 e. The van der Waals surface area contributed by atoms with E-state index in [4.69, 9.17) is 16.4 Å². The third kappa shape index (κ3) is 3.96. The van der Waals surface area contributed by atoms with Crippen LogP contribution in [0.4, 0.5) is 0 Å². The molecule has 0 N–H and O–H groups in total. The molecule has 1 aromatic rings. The predicted molar refractivity (Wildman–Crippen MR) is 92.0 cm³/mol. The molecule has 0 saturated carbocycles. The molecule has 1 aliphatic rings. The summed E-state index contributed by atoms with van der Waals surface area (Å²) in [5.74, 6) is -0.0666. The third-order valence-electron chi connectivity index (χ3n) is 2.63. The Morgan fingerprint density at radius 2 is 2.09 bits per heavy atom. The molecule has 0 spiro atoms. The summed E-state index contributed by atoms with van der Waals surface area (Å²) in [6, 6.07) is 6.57. The van der Waals surface area contributed by atoms with Gasteiger partial charge in [0.05, 0.1) is 11.2 Å². The number of thiocarbonyl (C=S) groups is 1. The van der Waals surface area contributed by atoms with E-state index in [0.717, 1.165) is 18.0 Å². The van der Waals surface area contributed by atoms with Gasteiger partial charge in [-0.15, -0.1) is 6.58 Å². The Bertz CT molecular complexity index is 768. The standard InChI is InChI=1S/C14H13NO4S3/c1-3-8-15-13(16)12(21-14(15)20)9-10-6-4-5-7-11(10)19-22(2,17)18/h3-7,9H,1,8H2,2H3/b12-9+. The van der Waals surface area contributed by atoms with Crippen molar-refractivity contribution in [2.24, 2.45) is 0 Å². The van der Waals surface area contributed by atoms with Gasteiger partial charge >= 0.3 is 10.1 Å². The van der Waals surface area contributed by atoms with Crippen LogP contribution in [-0.4, -0.2) is 36.3 Å². The molecular formula is C14H13NO4S3. The molecule has 1 aliphatic heterocycles. The van der Waals surface area contributed by atoms with Crippen LogP contribution in [0.15, 0.2) is 41.8 Å². The second kappa shape index (κ2) is 6.64. The Morgan fingerprint density at radius 1 is 1.41 bits per heavy atom. The fraction of sp³-hybridized carbons (Fsp3) is 0.143. The first-order valence-electron chi connectivity index (χ1n) is 6.16. The molecular weight excluding hydrogens is 342 g/mol. The molecule has 1 amide bonds. The van der Waals surface area contributed by atoms with Crippen LogP contribution in [0.5, 0.6) is 5.75 Å². The van der Waals surface area contributed by atoms with Crippen LogP contribution in [0.2, 0.25) is 0 Å². The van der Waals surface area contributed by atoms with Crippen LogP contribution in [0.1, 0.15) is 5.56 Å². The molecule has 0 unspecified atom stereocenters. The highest BCUT2D eigenvalue weighted by atomic mass is 32.2. The van der Waals surface area contributed by atoms with E-state index in [1.54, 1.807) is 30.4 Å². The van der Waals surface area contributed by atoms with Gasteiger partial charge in [0.1, 0.15) is 10.1 Å². The molecule has 1 fully saturated rings. The summed E-state index contributed by atoms with van der Waals surface area (Å²) in [6.45, 7) is 3.92. The van der Waals surface area contributed by atoms with Crippen molar-refractivity contribution in [2.75, 3.05) is 12.8 Å². The second-order valence-electron chi connectivity index (χ2n) is 4.41. The quantitative estimate of drug-likeness (QED) is 0.350. The number of amides is 1. The number of thioether (sulfide) groups is 1. The minimum absolute atomic E-state index is 0.166. The third-order valence-corrected chi connectivity index (χ3v) is 4.49. The van der Waals surface area contributed by atoms with Crippen LogP contribution in [0.3, 0.4) is 0 Å². The molecule has 2 rings (SSSR count). The summed E-state index contributed by atoms with van der Waals surface area (Å²) in [5, 5.41) is 0. The summed E-state index contributed by atoms with van der Waals surface area (Å²) in [6.07, 6.45) is 4.13. The van der Waals surface area contributed by atoms with E-state index < -0.39 is 10.1 Å². The zero-order chi connectivity index (χ0) is 16.3. The van der Waals surface area contributed by atoms with Crippen LogP contribution in [-0.2, 0) is 14.9 Å². The first-order chi connectivity index (χ1) is 10.3. The predicted octanol–water partition coefficient (Wildman–Crippen LogP) is 2.41. The molecule has 8 heteroatoms. The zero-order valence-corrected chi connectivity index (χ0v) is 14.1. The van der Waals surface area contributed by atoms with E-state index in [2.05, 4.69) is 6.58 Å². The first-order valence-corrected chi connectivity index (χ1v) is 9.20. The Hall–Kier alpha value is -1.64. The first kappa shape index (κ1) is 16.7. The maximum Gasteiger partial charge on any atom is 0.306 e. The minimum atomic E-state index is -3.65. The number of benzene rings is 1. The van der Waals surface area contributed by atoms with E-state index in [-0.39, 0.29) is 11.7 Å². The molecule has 0 bridgehead atoms. The molecule has 1 saturated heterocycles. The lowest BCUT2D eigenvalue weighted by molar-refractivity contribution is -0.121. The van der Waals surface area contributed by atoms with Crippen LogP contribution in [0, 0.1) is 0 Å². The monoisotopic (exact) mass is 355 g/mol. The highest BCUT2D eigenvalue weighted by molar-refractivity contribution is 8.26. The molecule has 116 valence electrons. The van der Waals surface area contributed by atoms with Crippen molar-refractivity contribution in [3.05, 3.63) is 47.4 Å². The van der Waals surface area contributed by atoms with Crippen LogP contribution < -0.4 is 4.18 Å². The lowest BCUT2D eigenvalue weighted by Gasteiger charge is -2.10. The van der Waals surface area contributed by atoms with Gasteiger partial charge in [0.25, 0.3) is 5.91 Å². The number of hydrogen-bond acceptors (Lipinski definition) is 6. The van der Waals surface area contributed by atoms with Gasteiger partial charge in [0, 0.05) is 12.1 Å². The maximum absolute atomic E-state index is 12.2. The molecule has 0 aliphatic carbocycles. The Labute approximate surface area is 138 Å². The molecule has 0 radical (unpaired) electrons. The summed E-state index contributed by atoms with van der Waals surface area (Å²) in [5.41, 5.74) is 0.493. The minimum Gasteiger partial charge on any atom is -0.382 e. The van der Waals surface area contributed by atoms with Gasteiger partial charge in [-0.1, -0.05) is 48.3 Å². The van der Waals surface area contributed by atoms with Crippen molar-refractivity contribution in [2.45, 2.75) is 0 Å². The van der Waals surface area contributed by atoms with Crippen LogP contribution in [0.25, 0.3) is 6.08 Å². The Kier molecular flexibility index (Phi) is 5.05. The van der Waals surface area contributed by atoms with Crippen molar-refractivity contribution in [1.29, 1.82) is 0 Å². The van der Waals surface area contributed by atoms with Crippen molar-refractivity contribution in [3.63, 3.8) is 0 Å². The lowest BCUT2D eigenvalue weighted by atomic mass is 10.2. The average molecular weight is 355 g/mol. The van der Waals surface area contributed by atoms with Gasteiger partial charge in [-0.3, -0.25) is 9.69 Å². The molecule has 5 nitrogen and oxygen atoms in total. The topological polar surface area (TPSA) is 63.7 Å². The summed E-state index contributed by atoms with van der Waals surface area (Å²) < 4.78 is 27.9. The molecule has 22 heavy (non-hydrogen) atoms. The SMILES string of the molecule is C=CCN1C(=O)/C(=C\c2ccccc2OS(C)(=O)=O)SC1=S. The number of para-hydroxylation sites is 1. The van der Waals surface area contributed by atoms with Gasteiger partial charge < -0.3 is 4.18 Å².